The number of carbonyl (C=O) groups excluding carboxylic acids is 2. The van der Waals surface area contributed by atoms with Crippen LogP contribution in [0.4, 0.5) is 0 Å². The van der Waals surface area contributed by atoms with Crippen molar-refractivity contribution in [3.05, 3.63) is 24.3 Å². The zero-order valence-electron chi connectivity index (χ0n) is 36.8. The number of allylic oxidation sites excluding steroid dienone is 4. The molecule has 0 aromatic heterocycles. The average molecular weight is 776 g/mol. The lowest BCUT2D eigenvalue weighted by molar-refractivity contribution is -0.151. The molecule has 324 valence electrons. The van der Waals surface area contributed by atoms with Crippen LogP contribution in [0.1, 0.15) is 252 Å². The van der Waals surface area contributed by atoms with Crippen molar-refractivity contribution < 1.29 is 24.5 Å². The summed E-state index contributed by atoms with van der Waals surface area (Å²) in [5.74, 6) is -0.493. The van der Waals surface area contributed by atoms with Gasteiger partial charge in [-0.05, 0) is 51.4 Å². The van der Waals surface area contributed by atoms with Crippen molar-refractivity contribution in [1.82, 2.24) is 5.32 Å². The normalized spacial score (nSPS) is 13.5. The Hall–Kier alpha value is -1.66. The molecular formula is C49H93NO5. The second-order valence-corrected chi connectivity index (χ2v) is 16.5. The first-order chi connectivity index (χ1) is 27.0. The van der Waals surface area contributed by atoms with Crippen LogP contribution in [0, 0.1) is 0 Å². The molecule has 0 rings (SSSR count). The van der Waals surface area contributed by atoms with E-state index in [1.807, 2.05) is 0 Å². The van der Waals surface area contributed by atoms with Crippen LogP contribution in [-0.2, 0) is 14.3 Å². The monoisotopic (exact) mass is 776 g/mol. The van der Waals surface area contributed by atoms with Crippen molar-refractivity contribution in [2.75, 3.05) is 6.61 Å². The summed E-state index contributed by atoms with van der Waals surface area (Å²) in [7, 11) is 0. The molecule has 0 aromatic rings. The van der Waals surface area contributed by atoms with Crippen LogP contribution in [0.5, 0.6) is 0 Å². The highest BCUT2D eigenvalue weighted by atomic mass is 16.5. The predicted octanol–water partition coefficient (Wildman–Crippen LogP) is 14.0. The van der Waals surface area contributed by atoms with Crippen molar-refractivity contribution in [2.24, 2.45) is 0 Å². The van der Waals surface area contributed by atoms with Gasteiger partial charge in [-0.3, -0.25) is 9.59 Å². The topological polar surface area (TPSA) is 95.9 Å². The molecule has 0 saturated carbocycles. The number of hydrogen-bond donors (Lipinski definition) is 3. The van der Waals surface area contributed by atoms with Gasteiger partial charge >= 0.3 is 5.97 Å². The first kappa shape index (κ1) is 53.3. The summed E-state index contributed by atoms with van der Waals surface area (Å²) < 4.78 is 5.89. The van der Waals surface area contributed by atoms with E-state index in [1.54, 1.807) is 0 Å². The Bertz CT molecular complexity index is 873. The Kier molecular flexibility index (Phi) is 42.2. The van der Waals surface area contributed by atoms with E-state index in [9.17, 15) is 19.8 Å². The molecule has 6 nitrogen and oxygen atoms in total. The number of hydrogen-bond acceptors (Lipinski definition) is 5. The molecule has 0 fully saturated rings. The van der Waals surface area contributed by atoms with Crippen LogP contribution in [0.15, 0.2) is 24.3 Å². The number of ether oxygens (including phenoxy) is 1. The third kappa shape index (κ3) is 39.0. The van der Waals surface area contributed by atoms with Gasteiger partial charge in [-0.15, -0.1) is 0 Å². The maximum Gasteiger partial charge on any atom is 0.306 e. The second kappa shape index (κ2) is 43.5. The van der Waals surface area contributed by atoms with Crippen LogP contribution >= 0.6 is 0 Å². The summed E-state index contributed by atoms with van der Waals surface area (Å²) in [5, 5.41) is 23.6. The third-order valence-corrected chi connectivity index (χ3v) is 11.1. The lowest BCUT2D eigenvalue weighted by atomic mass is 10.0. The molecule has 0 saturated heterocycles. The first-order valence-corrected chi connectivity index (χ1v) is 24.1. The molecule has 3 atom stereocenters. The Balaban J connectivity index is 4.62. The lowest BCUT2D eigenvalue weighted by Crippen LogP contribution is -2.46. The van der Waals surface area contributed by atoms with E-state index in [2.05, 4.69) is 50.4 Å². The molecule has 0 aliphatic heterocycles. The fourth-order valence-electron chi connectivity index (χ4n) is 7.36. The van der Waals surface area contributed by atoms with E-state index in [1.165, 1.54) is 135 Å². The van der Waals surface area contributed by atoms with Gasteiger partial charge in [-0.2, -0.15) is 0 Å². The largest absolute Gasteiger partial charge is 0.462 e. The number of carbonyl (C=O) groups is 2. The number of amides is 1. The van der Waals surface area contributed by atoms with Crippen LogP contribution in [0.25, 0.3) is 0 Å². The van der Waals surface area contributed by atoms with E-state index in [0.29, 0.717) is 19.3 Å². The summed E-state index contributed by atoms with van der Waals surface area (Å²) in [6.07, 6.45) is 48.1. The van der Waals surface area contributed by atoms with Crippen molar-refractivity contribution >= 4 is 11.9 Å². The van der Waals surface area contributed by atoms with Gasteiger partial charge < -0.3 is 20.3 Å². The third-order valence-electron chi connectivity index (χ3n) is 11.1. The number of rotatable bonds is 43. The fraction of sp³-hybridized carbons (Fsp3) is 0.878. The number of unbranched alkanes of at least 4 members (excludes halogenated alkanes) is 28. The van der Waals surface area contributed by atoms with Gasteiger partial charge in [0.1, 0.15) is 6.10 Å². The molecule has 3 N–H and O–H groups in total. The molecule has 3 unspecified atom stereocenters. The molecule has 0 aliphatic carbocycles. The molecule has 6 heteroatoms. The Morgan fingerprint density at radius 1 is 0.527 bits per heavy atom. The first-order valence-electron chi connectivity index (χ1n) is 24.1. The zero-order valence-corrected chi connectivity index (χ0v) is 36.8. The summed E-state index contributed by atoms with van der Waals surface area (Å²) >= 11 is 0. The van der Waals surface area contributed by atoms with Crippen LogP contribution in [0.2, 0.25) is 0 Å². The zero-order chi connectivity index (χ0) is 40.3. The van der Waals surface area contributed by atoms with Crippen molar-refractivity contribution in [3.8, 4) is 0 Å². The highest BCUT2D eigenvalue weighted by Gasteiger charge is 2.24. The van der Waals surface area contributed by atoms with Crippen molar-refractivity contribution in [3.63, 3.8) is 0 Å². The minimum absolute atomic E-state index is 0.0642. The molecule has 0 heterocycles. The average Bonchev–Trinajstić information content (AvgIpc) is 3.18. The molecule has 0 spiro atoms. The van der Waals surface area contributed by atoms with Gasteiger partial charge in [-0.1, -0.05) is 212 Å². The van der Waals surface area contributed by atoms with Gasteiger partial charge in [0, 0.05) is 6.42 Å². The molecule has 55 heavy (non-hydrogen) atoms. The minimum atomic E-state index is -0.788. The molecule has 0 aromatic carbocycles. The highest BCUT2D eigenvalue weighted by molar-refractivity contribution is 5.77. The molecular weight excluding hydrogens is 683 g/mol. The number of aliphatic hydroxyl groups excluding tert-OH is 2. The van der Waals surface area contributed by atoms with E-state index < -0.39 is 18.2 Å². The van der Waals surface area contributed by atoms with E-state index in [-0.39, 0.29) is 24.9 Å². The van der Waals surface area contributed by atoms with Gasteiger partial charge in [0.05, 0.1) is 25.2 Å². The maximum atomic E-state index is 13.1. The van der Waals surface area contributed by atoms with Crippen LogP contribution in [-0.4, -0.2) is 46.9 Å². The fourth-order valence-corrected chi connectivity index (χ4v) is 7.36. The van der Waals surface area contributed by atoms with Gasteiger partial charge in [0.25, 0.3) is 0 Å². The number of nitrogens with one attached hydrogen (secondary N) is 1. The van der Waals surface area contributed by atoms with Crippen LogP contribution in [0.3, 0.4) is 0 Å². The molecule has 0 aliphatic rings. The summed E-state index contributed by atoms with van der Waals surface area (Å²) in [6, 6.07) is -0.703. The quantitative estimate of drug-likeness (QED) is 0.0326. The van der Waals surface area contributed by atoms with Gasteiger partial charge in [-0.25, -0.2) is 0 Å². The van der Waals surface area contributed by atoms with Crippen LogP contribution < -0.4 is 5.32 Å². The standard InChI is InChI=1S/C49H93NO5/c1-4-7-10-13-16-19-22-23-24-25-26-27-28-31-34-37-40-45(55-49(54)42-39-36-33-30-21-18-15-12-9-6-3)43-48(53)50-46(44-51)47(52)41-38-35-32-29-20-17-14-11-8-5-2/h24-27,45-47,51-52H,4-23,28-44H2,1-3H3,(H,50,53)/b25-24+,27-26+. The van der Waals surface area contributed by atoms with Crippen molar-refractivity contribution in [2.45, 2.75) is 270 Å². The summed E-state index contributed by atoms with van der Waals surface area (Å²) in [6.45, 7) is 6.45. The maximum absolute atomic E-state index is 13.1. The van der Waals surface area contributed by atoms with E-state index in [0.717, 1.165) is 70.6 Å². The predicted molar refractivity (Wildman–Crippen MR) is 236 cm³/mol. The second-order valence-electron chi connectivity index (χ2n) is 16.5. The summed E-state index contributed by atoms with van der Waals surface area (Å²) in [4.78, 5) is 26.0. The Morgan fingerprint density at radius 3 is 1.36 bits per heavy atom. The molecule has 0 radical (unpaired) electrons. The smallest absolute Gasteiger partial charge is 0.306 e. The minimum Gasteiger partial charge on any atom is -0.462 e. The molecule has 0 bridgehead atoms. The van der Waals surface area contributed by atoms with Crippen molar-refractivity contribution in [1.29, 1.82) is 0 Å². The Labute approximate surface area is 341 Å². The van der Waals surface area contributed by atoms with Gasteiger partial charge in [0.15, 0.2) is 0 Å². The highest BCUT2D eigenvalue weighted by Crippen LogP contribution is 2.17. The number of aliphatic hydroxyl groups is 2. The summed E-state index contributed by atoms with van der Waals surface area (Å²) in [5.41, 5.74) is 0. The SMILES string of the molecule is CCCCCCCCC/C=C/C=C/CCCCCC(CC(=O)NC(CO)C(O)CCCCCCCCCCCC)OC(=O)CCCCCCCCCCCC. The van der Waals surface area contributed by atoms with E-state index >= 15 is 0 Å². The molecule has 1 amide bonds. The van der Waals surface area contributed by atoms with Gasteiger partial charge in [0.2, 0.25) is 5.91 Å². The number of esters is 1. The van der Waals surface area contributed by atoms with E-state index in [4.69, 9.17) is 4.74 Å². The Morgan fingerprint density at radius 2 is 0.909 bits per heavy atom. The lowest BCUT2D eigenvalue weighted by Gasteiger charge is -2.24.